The Kier molecular flexibility index (Phi) is 3.54. The van der Waals surface area contributed by atoms with Gasteiger partial charge in [-0.05, 0) is 31.9 Å². The summed E-state index contributed by atoms with van der Waals surface area (Å²) in [6.45, 7) is 1.94. The second-order valence-electron chi connectivity index (χ2n) is 4.62. The minimum absolute atomic E-state index is 0.0704. The highest BCUT2D eigenvalue weighted by Gasteiger charge is 2.30. The molecule has 2 rings (SSSR count). The van der Waals surface area contributed by atoms with E-state index < -0.39 is 0 Å². The number of nitrogens with one attached hydrogen (secondary N) is 1. The van der Waals surface area contributed by atoms with Crippen LogP contribution in [0.3, 0.4) is 0 Å². The van der Waals surface area contributed by atoms with Crippen LogP contribution in [0, 0.1) is 0 Å². The summed E-state index contributed by atoms with van der Waals surface area (Å²) in [7, 11) is 1.72. The maximum atomic E-state index is 9.74. The molecule has 0 aromatic heterocycles. The minimum atomic E-state index is -0.0704. The second-order valence-corrected chi connectivity index (χ2v) is 4.62. The van der Waals surface area contributed by atoms with E-state index in [1.165, 1.54) is 0 Å². The maximum Gasteiger partial charge on any atom is 0.124 e. The van der Waals surface area contributed by atoms with Crippen molar-refractivity contribution in [2.24, 2.45) is 0 Å². The highest BCUT2D eigenvalue weighted by molar-refractivity contribution is 5.44. The molecule has 0 bridgehead atoms. The van der Waals surface area contributed by atoms with Gasteiger partial charge in [-0.15, -0.1) is 0 Å². The number of aromatic hydroxyl groups is 2. The Morgan fingerprint density at radius 1 is 1.29 bits per heavy atom. The molecule has 4 nitrogen and oxygen atoms in total. The third-order valence-corrected chi connectivity index (χ3v) is 3.41. The first kappa shape index (κ1) is 12.2. The van der Waals surface area contributed by atoms with Gasteiger partial charge in [-0.3, -0.25) is 0 Å². The Morgan fingerprint density at radius 3 is 2.41 bits per heavy atom. The number of hydrogen-bond acceptors (Lipinski definition) is 4. The zero-order chi connectivity index (χ0) is 12.4. The lowest BCUT2D eigenvalue weighted by molar-refractivity contribution is 0.0146. The molecule has 0 saturated heterocycles. The van der Waals surface area contributed by atoms with Gasteiger partial charge < -0.3 is 20.3 Å². The number of methoxy groups -OCH3 is 1. The molecular weight excluding hydrogens is 218 g/mol. The van der Waals surface area contributed by atoms with Gasteiger partial charge in [0.2, 0.25) is 0 Å². The number of benzene rings is 1. The van der Waals surface area contributed by atoms with Gasteiger partial charge in [0.25, 0.3) is 0 Å². The molecule has 4 heteroatoms. The van der Waals surface area contributed by atoms with Crippen molar-refractivity contribution >= 4 is 0 Å². The Labute approximate surface area is 101 Å². The molecule has 1 aromatic carbocycles. The summed E-state index contributed by atoms with van der Waals surface area (Å²) in [5, 5.41) is 22.9. The molecule has 0 aliphatic heterocycles. The van der Waals surface area contributed by atoms with E-state index in [0.29, 0.717) is 17.7 Å². The highest BCUT2D eigenvalue weighted by Crippen LogP contribution is 2.34. The van der Waals surface area contributed by atoms with Gasteiger partial charge in [0, 0.05) is 19.2 Å². The van der Waals surface area contributed by atoms with E-state index >= 15 is 0 Å². The highest BCUT2D eigenvalue weighted by atomic mass is 16.5. The van der Waals surface area contributed by atoms with Crippen molar-refractivity contribution in [3.63, 3.8) is 0 Å². The predicted molar refractivity (Wildman–Crippen MR) is 65.1 cm³/mol. The lowest BCUT2D eigenvalue weighted by Gasteiger charge is -2.37. The number of phenols is 2. The Bertz CT molecular complexity index is 368. The van der Waals surface area contributed by atoms with Crippen molar-refractivity contribution < 1.29 is 14.9 Å². The van der Waals surface area contributed by atoms with Crippen molar-refractivity contribution in [1.29, 1.82) is 0 Å². The number of ether oxygens (including phenoxy) is 1. The molecule has 94 valence electrons. The lowest BCUT2D eigenvalue weighted by Crippen LogP contribution is -2.45. The fraction of sp³-hybridized carbons (Fsp3) is 0.538. The third-order valence-electron chi connectivity index (χ3n) is 3.41. The topological polar surface area (TPSA) is 61.7 Å². The van der Waals surface area contributed by atoms with Crippen molar-refractivity contribution in [2.75, 3.05) is 7.11 Å². The first-order valence-electron chi connectivity index (χ1n) is 5.91. The third kappa shape index (κ3) is 2.53. The van der Waals surface area contributed by atoms with E-state index in [4.69, 9.17) is 4.74 Å². The molecule has 17 heavy (non-hydrogen) atoms. The van der Waals surface area contributed by atoms with Gasteiger partial charge in [-0.2, -0.15) is 0 Å². The fourth-order valence-corrected chi connectivity index (χ4v) is 2.32. The van der Waals surface area contributed by atoms with Gasteiger partial charge in [0.1, 0.15) is 11.5 Å². The molecule has 0 amide bonds. The molecular formula is C13H19NO3. The number of hydrogen-bond donors (Lipinski definition) is 3. The molecule has 1 aliphatic rings. The number of phenolic OH excluding ortho intramolecular Hbond substituents is 2. The molecule has 0 heterocycles. The monoisotopic (exact) mass is 237 g/mol. The standard InChI is InChI=1S/C13H19NO3/c1-8(14-9-6-10(7-9)17-2)13-11(15)4-3-5-12(13)16/h3-5,8-10,14-16H,6-7H2,1-2H3. The zero-order valence-electron chi connectivity index (χ0n) is 10.2. The van der Waals surface area contributed by atoms with Crippen molar-refractivity contribution in [3.8, 4) is 11.5 Å². The first-order valence-corrected chi connectivity index (χ1v) is 5.91. The Morgan fingerprint density at radius 2 is 1.88 bits per heavy atom. The van der Waals surface area contributed by atoms with Crippen LogP contribution in [0.4, 0.5) is 0 Å². The summed E-state index contributed by atoms with van der Waals surface area (Å²) in [6, 6.07) is 5.14. The quantitative estimate of drug-likeness (QED) is 0.748. The summed E-state index contributed by atoms with van der Waals surface area (Å²) in [5.74, 6) is 0.264. The van der Waals surface area contributed by atoms with E-state index in [-0.39, 0.29) is 17.5 Å². The van der Waals surface area contributed by atoms with Crippen LogP contribution in [0.25, 0.3) is 0 Å². The Balaban J connectivity index is 1.98. The van der Waals surface area contributed by atoms with Crippen LogP contribution < -0.4 is 5.32 Å². The molecule has 1 atom stereocenters. The van der Waals surface area contributed by atoms with Gasteiger partial charge in [0.15, 0.2) is 0 Å². The molecule has 1 fully saturated rings. The smallest absolute Gasteiger partial charge is 0.124 e. The van der Waals surface area contributed by atoms with Crippen LogP contribution >= 0.6 is 0 Å². The zero-order valence-corrected chi connectivity index (χ0v) is 10.2. The van der Waals surface area contributed by atoms with Crippen LogP contribution in [0.15, 0.2) is 18.2 Å². The molecule has 1 saturated carbocycles. The number of rotatable bonds is 4. The summed E-state index contributed by atoms with van der Waals surface area (Å²) in [5.41, 5.74) is 0.563. The Hall–Kier alpha value is -1.26. The van der Waals surface area contributed by atoms with Crippen LogP contribution in [0.1, 0.15) is 31.4 Å². The SMILES string of the molecule is COC1CC(NC(C)c2c(O)cccc2O)C1. The van der Waals surface area contributed by atoms with Gasteiger partial charge in [0.05, 0.1) is 11.7 Å². The van der Waals surface area contributed by atoms with E-state index in [1.54, 1.807) is 25.3 Å². The average molecular weight is 237 g/mol. The van der Waals surface area contributed by atoms with E-state index in [0.717, 1.165) is 12.8 Å². The second kappa shape index (κ2) is 4.94. The van der Waals surface area contributed by atoms with E-state index in [1.807, 2.05) is 6.92 Å². The van der Waals surface area contributed by atoms with E-state index in [2.05, 4.69) is 5.32 Å². The van der Waals surface area contributed by atoms with Gasteiger partial charge in [-0.25, -0.2) is 0 Å². The molecule has 1 aliphatic carbocycles. The normalized spacial score (nSPS) is 25.3. The van der Waals surface area contributed by atoms with Crippen LogP contribution in [-0.4, -0.2) is 29.5 Å². The predicted octanol–water partition coefficient (Wildman–Crippen LogP) is 1.93. The minimum Gasteiger partial charge on any atom is -0.507 e. The lowest BCUT2D eigenvalue weighted by atomic mass is 9.88. The van der Waals surface area contributed by atoms with Gasteiger partial charge >= 0.3 is 0 Å². The van der Waals surface area contributed by atoms with Crippen molar-refractivity contribution in [1.82, 2.24) is 5.32 Å². The van der Waals surface area contributed by atoms with Gasteiger partial charge in [-0.1, -0.05) is 6.07 Å². The fourth-order valence-electron chi connectivity index (χ4n) is 2.32. The molecule has 0 spiro atoms. The molecule has 3 N–H and O–H groups in total. The van der Waals surface area contributed by atoms with Crippen LogP contribution in [0.2, 0.25) is 0 Å². The maximum absolute atomic E-state index is 9.74. The average Bonchev–Trinajstić information content (AvgIpc) is 2.22. The first-order chi connectivity index (χ1) is 8.11. The molecule has 0 radical (unpaired) electrons. The molecule has 1 aromatic rings. The summed E-state index contributed by atoms with van der Waals surface area (Å²) in [4.78, 5) is 0. The largest absolute Gasteiger partial charge is 0.507 e. The summed E-state index contributed by atoms with van der Waals surface area (Å²) < 4.78 is 5.21. The van der Waals surface area contributed by atoms with Crippen LogP contribution in [0.5, 0.6) is 11.5 Å². The summed E-state index contributed by atoms with van der Waals surface area (Å²) in [6.07, 6.45) is 2.31. The van der Waals surface area contributed by atoms with Crippen molar-refractivity contribution in [3.05, 3.63) is 23.8 Å². The molecule has 1 unspecified atom stereocenters. The van der Waals surface area contributed by atoms with E-state index in [9.17, 15) is 10.2 Å². The van der Waals surface area contributed by atoms with Crippen molar-refractivity contribution in [2.45, 2.75) is 38.0 Å². The summed E-state index contributed by atoms with van der Waals surface area (Å²) >= 11 is 0. The van der Waals surface area contributed by atoms with Crippen LogP contribution in [-0.2, 0) is 4.74 Å².